The number of hydrogen-bond acceptors (Lipinski definition) is 4. The second-order valence-electron chi connectivity index (χ2n) is 4.94. The normalized spacial score (nSPS) is 17.6. The number of benzene rings is 1. The number of ether oxygens (including phenoxy) is 1. The van der Waals surface area contributed by atoms with Crippen LogP contribution >= 0.6 is 0 Å². The van der Waals surface area contributed by atoms with Crippen molar-refractivity contribution in [3.63, 3.8) is 0 Å². The van der Waals surface area contributed by atoms with Gasteiger partial charge in [-0.3, -0.25) is 4.90 Å². The van der Waals surface area contributed by atoms with Gasteiger partial charge in [0.05, 0.1) is 6.04 Å². The predicted molar refractivity (Wildman–Crippen MR) is 75.3 cm³/mol. The van der Waals surface area contributed by atoms with Gasteiger partial charge in [-0.2, -0.15) is 0 Å². The van der Waals surface area contributed by atoms with E-state index in [1.54, 1.807) is 4.90 Å². The molecular formula is C15H20N2O3. The van der Waals surface area contributed by atoms with Gasteiger partial charge in [-0.1, -0.05) is 30.3 Å². The zero-order valence-electron chi connectivity index (χ0n) is 11.7. The molecule has 1 aliphatic heterocycles. The van der Waals surface area contributed by atoms with Crippen LogP contribution in [0.2, 0.25) is 0 Å². The third-order valence-electron chi connectivity index (χ3n) is 3.55. The molecule has 1 heterocycles. The topological polar surface area (TPSA) is 49.9 Å². The molecule has 108 valence electrons. The van der Waals surface area contributed by atoms with Crippen molar-refractivity contribution in [2.45, 2.75) is 19.6 Å². The van der Waals surface area contributed by atoms with Crippen LogP contribution < -0.4 is 0 Å². The summed E-state index contributed by atoms with van der Waals surface area (Å²) < 4.78 is 5.29. The Kier molecular flexibility index (Phi) is 5.12. The first kappa shape index (κ1) is 14.5. The molecular weight excluding hydrogens is 256 g/mol. The van der Waals surface area contributed by atoms with Gasteiger partial charge in [0.15, 0.2) is 0 Å². The lowest BCUT2D eigenvalue weighted by Gasteiger charge is -2.35. The van der Waals surface area contributed by atoms with E-state index in [-0.39, 0.29) is 12.1 Å². The average Bonchev–Trinajstić information content (AvgIpc) is 2.53. The maximum Gasteiger partial charge on any atom is 0.410 e. The van der Waals surface area contributed by atoms with Crippen LogP contribution in [-0.4, -0.2) is 54.4 Å². The summed E-state index contributed by atoms with van der Waals surface area (Å²) in [5.41, 5.74) is 0.981. The highest BCUT2D eigenvalue weighted by Crippen LogP contribution is 2.08. The lowest BCUT2D eigenvalue weighted by atomic mass is 10.2. The monoisotopic (exact) mass is 276 g/mol. The van der Waals surface area contributed by atoms with E-state index in [1.165, 1.54) is 0 Å². The number of piperazine rings is 1. The largest absolute Gasteiger partial charge is 0.445 e. The van der Waals surface area contributed by atoms with Crippen molar-refractivity contribution in [2.24, 2.45) is 0 Å². The Hall–Kier alpha value is -1.88. The Bertz CT molecular complexity index is 442. The maximum atomic E-state index is 11.9. The van der Waals surface area contributed by atoms with Crippen LogP contribution in [0.4, 0.5) is 4.79 Å². The molecule has 1 aromatic carbocycles. The summed E-state index contributed by atoms with van der Waals surface area (Å²) in [7, 11) is 0. The lowest BCUT2D eigenvalue weighted by Crippen LogP contribution is -2.51. The van der Waals surface area contributed by atoms with E-state index in [1.807, 2.05) is 37.3 Å². The van der Waals surface area contributed by atoms with Crippen LogP contribution in [0.1, 0.15) is 12.5 Å². The summed E-state index contributed by atoms with van der Waals surface area (Å²) in [6, 6.07) is 9.54. The molecule has 1 atom stereocenters. The summed E-state index contributed by atoms with van der Waals surface area (Å²) in [4.78, 5) is 26.4. The number of carbonyl (C=O) groups excluding carboxylic acids is 2. The molecule has 20 heavy (non-hydrogen) atoms. The third kappa shape index (κ3) is 3.81. The molecule has 1 aliphatic rings. The summed E-state index contributed by atoms with van der Waals surface area (Å²) in [5, 5.41) is 0. The Morgan fingerprint density at radius 1 is 1.25 bits per heavy atom. The number of nitrogens with zero attached hydrogens (tertiary/aromatic N) is 2. The smallest absolute Gasteiger partial charge is 0.410 e. The molecule has 1 fully saturated rings. The van der Waals surface area contributed by atoms with Crippen molar-refractivity contribution in [3.8, 4) is 0 Å². The second kappa shape index (κ2) is 7.05. The van der Waals surface area contributed by atoms with Crippen molar-refractivity contribution >= 4 is 12.4 Å². The number of hydrogen-bond donors (Lipinski definition) is 0. The van der Waals surface area contributed by atoms with Gasteiger partial charge in [0.25, 0.3) is 0 Å². The predicted octanol–water partition coefficient (Wildman–Crippen LogP) is 1.53. The first-order valence-electron chi connectivity index (χ1n) is 6.85. The van der Waals surface area contributed by atoms with Crippen molar-refractivity contribution in [3.05, 3.63) is 35.9 Å². The molecule has 0 saturated carbocycles. The summed E-state index contributed by atoms with van der Waals surface area (Å²) in [6.45, 7) is 4.79. The number of rotatable bonds is 4. The van der Waals surface area contributed by atoms with Crippen molar-refractivity contribution < 1.29 is 14.3 Å². The second-order valence-corrected chi connectivity index (χ2v) is 4.94. The molecule has 1 aromatic rings. The van der Waals surface area contributed by atoms with E-state index in [4.69, 9.17) is 4.74 Å². The molecule has 1 amide bonds. The van der Waals surface area contributed by atoms with Crippen molar-refractivity contribution in [1.29, 1.82) is 0 Å². The molecule has 5 nitrogen and oxygen atoms in total. The standard InChI is InChI=1S/C15H20N2O3/c1-13(11-18)16-7-9-17(10-8-16)15(19)20-12-14-5-3-2-4-6-14/h2-6,11,13H,7-10,12H2,1H3. The highest BCUT2D eigenvalue weighted by molar-refractivity contribution is 5.67. The van der Waals surface area contributed by atoms with Gasteiger partial charge in [-0.25, -0.2) is 4.79 Å². The Labute approximate surface area is 119 Å². The summed E-state index contributed by atoms with van der Waals surface area (Å²) in [5.74, 6) is 0. The van der Waals surface area contributed by atoms with E-state index in [0.717, 1.165) is 11.8 Å². The first-order valence-corrected chi connectivity index (χ1v) is 6.85. The van der Waals surface area contributed by atoms with Crippen LogP contribution in [-0.2, 0) is 16.1 Å². The van der Waals surface area contributed by atoms with Crippen LogP contribution in [0.5, 0.6) is 0 Å². The molecule has 1 saturated heterocycles. The fourth-order valence-electron chi connectivity index (χ4n) is 2.21. The van der Waals surface area contributed by atoms with Crippen LogP contribution in [0, 0.1) is 0 Å². The minimum absolute atomic E-state index is 0.0857. The quantitative estimate of drug-likeness (QED) is 0.783. The molecule has 0 radical (unpaired) electrons. The number of aldehydes is 1. The zero-order chi connectivity index (χ0) is 14.4. The van der Waals surface area contributed by atoms with Gasteiger partial charge in [0.1, 0.15) is 12.9 Å². The summed E-state index contributed by atoms with van der Waals surface area (Å²) >= 11 is 0. The van der Waals surface area contributed by atoms with E-state index >= 15 is 0 Å². The van der Waals surface area contributed by atoms with Gasteiger partial charge >= 0.3 is 6.09 Å². The van der Waals surface area contributed by atoms with Gasteiger partial charge in [0.2, 0.25) is 0 Å². The molecule has 0 spiro atoms. The zero-order valence-corrected chi connectivity index (χ0v) is 11.7. The number of amides is 1. The van der Waals surface area contributed by atoms with E-state index in [2.05, 4.69) is 4.90 Å². The minimum atomic E-state index is -0.285. The number of carbonyl (C=O) groups is 2. The van der Waals surface area contributed by atoms with Crippen molar-refractivity contribution in [2.75, 3.05) is 26.2 Å². The Balaban J connectivity index is 1.76. The van der Waals surface area contributed by atoms with E-state index in [0.29, 0.717) is 32.8 Å². The molecule has 5 heteroatoms. The van der Waals surface area contributed by atoms with E-state index < -0.39 is 0 Å². The fraction of sp³-hybridized carbons (Fsp3) is 0.467. The maximum absolute atomic E-state index is 11.9. The Morgan fingerprint density at radius 2 is 1.90 bits per heavy atom. The molecule has 0 aromatic heterocycles. The van der Waals surface area contributed by atoms with Crippen LogP contribution in [0.25, 0.3) is 0 Å². The van der Waals surface area contributed by atoms with Gasteiger partial charge in [-0.05, 0) is 12.5 Å². The van der Waals surface area contributed by atoms with Gasteiger partial charge in [-0.15, -0.1) is 0 Å². The molecule has 1 unspecified atom stereocenters. The van der Waals surface area contributed by atoms with Gasteiger partial charge < -0.3 is 14.4 Å². The van der Waals surface area contributed by atoms with Crippen LogP contribution in [0.3, 0.4) is 0 Å². The molecule has 0 bridgehead atoms. The first-order chi connectivity index (χ1) is 9.70. The fourth-order valence-corrected chi connectivity index (χ4v) is 2.21. The molecule has 0 aliphatic carbocycles. The van der Waals surface area contributed by atoms with E-state index in [9.17, 15) is 9.59 Å². The lowest BCUT2D eigenvalue weighted by molar-refractivity contribution is -0.112. The third-order valence-corrected chi connectivity index (χ3v) is 3.55. The molecule has 0 N–H and O–H groups in total. The minimum Gasteiger partial charge on any atom is -0.445 e. The Morgan fingerprint density at radius 3 is 2.50 bits per heavy atom. The van der Waals surface area contributed by atoms with Crippen LogP contribution in [0.15, 0.2) is 30.3 Å². The average molecular weight is 276 g/mol. The SMILES string of the molecule is CC(C=O)N1CCN(C(=O)OCc2ccccc2)CC1. The highest BCUT2D eigenvalue weighted by atomic mass is 16.6. The highest BCUT2D eigenvalue weighted by Gasteiger charge is 2.24. The summed E-state index contributed by atoms with van der Waals surface area (Å²) in [6.07, 6.45) is 0.649. The molecule has 2 rings (SSSR count). The van der Waals surface area contributed by atoms with Crippen molar-refractivity contribution in [1.82, 2.24) is 9.80 Å². The van der Waals surface area contributed by atoms with Gasteiger partial charge in [0, 0.05) is 26.2 Å².